The fraction of sp³-hybridized carbons (Fsp3) is 0.125. The Kier molecular flexibility index (Phi) is 3.67. The van der Waals surface area contributed by atoms with Crippen molar-refractivity contribution in [2.24, 2.45) is 7.05 Å². The lowest BCUT2D eigenvalue weighted by molar-refractivity contribution is 0.957. The molecule has 0 fully saturated rings. The largest absolute Gasteiger partial charge is 0.349 e. The monoisotopic (exact) mass is 331 g/mol. The number of thioether (sulfide) groups is 1. The number of benzene rings is 2. The van der Waals surface area contributed by atoms with Crippen molar-refractivity contribution < 1.29 is 0 Å². The summed E-state index contributed by atoms with van der Waals surface area (Å²) in [4.78, 5) is 1.35. The van der Waals surface area contributed by atoms with Crippen LogP contribution in [-0.4, -0.2) is 4.57 Å². The predicted octanol–water partition coefficient (Wildman–Crippen LogP) is 5.23. The molecule has 3 heteroatoms. The van der Waals surface area contributed by atoms with Gasteiger partial charge >= 0.3 is 0 Å². The molecular weight excluding hydrogens is 318 g/mol. The lowest BCUT2D eigenvalue weighted by Crippen LogP contribution is -1.81. The Labute approximate surface area is 125 Å². The molecule has 0 unspecified atom stereocenters. The van der Waals surface area contributed by atoms with E-state index in [0.29, 0.717) is 0 Å². The molecule has 19 heavy (non-hydrogen) atoms. The van der Waals surface area contributed by atoms with Gasteiger partial charge in [0.1, 0.15) is 0 Å². The Morgan fingerprint density at radius 1 is 1.05 bits per heavy atom. The summed E-state index contributed by atoms with van der Waals surface area (Å²) in [5.74, 6) is 1.00. The van der Waals surface area contributed by atoms with Gasteiger partial charge in [-0.25, -0.2) is 0 Å². The van der Waals surface area contributed by atoms with Gasteiger partial charge in [-0.05, 0) is 23.8 Å². The molecular formula is C16H14BrNS. The zero-order valence-electron chi connectivity index (χ0n) is 10.6. The van der Waals surface area contributed by atoms with Crippen molar-refractivity contribution in [2.45, 2.75) is 10.6 Å². The minimum Gasteiger partial charge on any atom is -0.349 e. The zero-order chi connectivity index (χ0) is 13.2. The first kappa shape index (κ1) is 12.8. The number of fused-ring (bicyclic) bond motifs is 1. The van der Waals surface area contributed by atoms with Crippen molar-refractivity contribution in [3.63, 3.8) is 0 Å². The van der Waals surface area contributed by atoms with Crippen LogP contribution >= 0.6 is 27.7 Å². The molecule has 0 N–H and O–H groups in total. The fourth-order valence-corrected chi connectivity index (χ4v) is 3.50. The quantitative estimate of drug-likeness (QED) is 0.594. The van der Waals surface area contributed by atoms with E-state index >= 15 is 0 Å². The summed E-state index contributed by atoms with van der Waals surface area (Å²) >= 11 is 5.36. The molecule has 1 heterocycles. The van der Waals surface area contributed by atoms with Crippen LogP contribution in [0.25, 0.3) is 10.9 Å². The molecule has 0 saturated carbocycles. The molecule has 0 aliphatic heterocycles. The fourth-order valence-electron chi connectivity index (χ4n) is 2.16. The molecule has 0 aliphatic rings. The molecule has 1 aromatic heterocycles. The number of hydrogen-bond donors (Lipinski definition) is 0. The van der Waals surface area contributed by atoms with Gasteiger partial charge in [0.15, 0.2) is 0 Å². The van der Waals surface area contributed by atoms with E-state index in [1.807, 2.05) is 11.8 Å². The maximum atomic E-state index is 3.47. The minimum atomic E-state index is 1.00. The van der Waals surface area contributed by atoms with Crippen molar-refractivity contribution in [1.82, 2.24) is 4.57 Å². The molecule has 3 aromatic rings. The maximum absolute atomic E-state index is 3.47. The number of para-hydroxylation sites is 1. The molecule has 96 valence electrons. The average molecular weight is 332 g/mol. The van der Waals surface area contributed by atoms with Gasteiger partial charge in [0, 0.05) is 39.3 Å². The molecule has 1 nitrogen and oxygen atoms in total. The van der Waals surface area contributed by atoms with Crippen molar-refractivity contribution >= 4 is 38.6 Å². The number of halogens is 1. The second-order valence-corrected chi connectivity index (χ2v) is 6.47. The van der Waals surface area contributed by atoms with Crippen LogP contribution < -0.4 is 0 Å². The summed E-state index contributed by atoms with van der Waals surface area (Å²) < 4.78 is 3.32. The molecule has 2 aromatic carbocycles. The van der Waals surface area contributed by atoms with Gasteiger partial charge in [0.25, 0.3) is 0 Å². The van der Waals surface area contributed by atoms with Crippen LogP contribution in [0.15, 0.2) is 64.1 Å². The van der Waals surface area contributed by atoms with Crippen molar-refractivity contribution in [1.29, 1.82) is 0 Å². The Bertz CT molecular complexity index is 700. The van der Waals surface area contributed by atoms with Gasteiger partial charge in [-0.2, -0.15) is 0 Å². The SMILES string of the molecule is Cn1cc(SCc2ccc(Br)cc2)c2ccccc21. The van der Waals surface area contributed by atoms with Crippen LogP contribution in [0.2, 0.25) is 0 Å². The number of nitrogens with zero attached hydrogens (tertiary/aromatic N) is 1. The van der Waals surface area contributed by atoms with E-state index in [0.717, 1.165) is 10.2 Å². The lowest BCUT2D eigenvalue weighted by atomic mass is 10.2. The standard InChI is InChI=1S/C16H14BrNS/c1-18-10-16(14-4-2-3-5-15(14)18)19-11-12-6-8-13(17)9-7-12/h2-10H,11H2,1H3. The molecule has 0 atom stereocenters. The third-order valence-electron chi connectivity index (χ3n) is 3.17. The molecule has 0 amide bonds. The third-order valence-corrected chi connectivity index (χ3v) is 4.81. The van der Waals surface area contributed by atoms with E-state index in [9.17, 15) is 0 Å². The summed E-state index contributed by atoms with van der Waals surface area (Å²) in [7, 11) is 2.10. The van der Waals surface area contributed by atoms with E-state index in [1.54, 1.807) is 0 Å². The third kappa shape index (κ3) is 2.72. The Hall–Kier alpha value is -1.19. The van der Waals surface area contributed by atoms with E-state index in [1.165, 1.54) is 21.4 Å². The Morgan fingerprint density at radius 2 is 1.79 bits per heavy atom. The van der Waals surface area contributed by atoms with Gasteiger partial charge in [-0.15, -0.1) is 11.8 Å². The zero-order valence-corrected chi connectivity index (χ0v) is 13.0. The van der Waals surface area contributed by atoms with E-state index in [-0.39, 0.29) is 0 Å². The summed E-state index contributed by atoms with van der Waals surface area (Å²) in [5, 5.41) is 1.34. The first-order chi connectivity index (χ1) is 9.24. The summed E-state index contributed by atoms with van der Waals surface area (Å²) in [6, 6.07) is 17.1. The smallest absolute Gasteiger partial charge is 0.0489 e. The van der Waals surface area contributed by atoms with Crippen LogP contribution in [-0.2, 0) is 12.8 Å². The van der Waals surface area contributed by atoms with Crippen LogP contribution in [0.5, 0.6) is 0 Å². The molecule has 0 radical (unpaired) electrons. The first-order valence-corrected chi connectivity index (χ1v) is 7.93. The van der Waals surface area contributed by atoms with Crippen LogP contribution in [0.3, 0.4) is 0 Å². The van der Waals surface area contributed by atoms with E-state index < -0.39 is 0 Å². The molecule has 3 rings (SSSR count). The Balaban J connectivity index is 1.84. The van der Waals surface area contributed by atoms with Crippen molar-refractivity contribution in [3.8, 4) is 0 Å². The molecule has 0 bridgehead atoms. The van der Waals surface area contributed by atoms with Gasteiger partial charge < -0.3 is 4.57 Å². The van der Waals surface area contributed by atoms with Crippen LogP contribution in [0.1, 0.15) is 5.56 Å². The molecule has 0 saturated heterocycles. The Morgan fingerprint density at radius 3 is 2.58 bits per heavy atom. The average Bonchev–Trinajstić information content (AvgIpc) is 2.76. The minimum absolute atomic E-state index is 1.00. The van der Waals surface area contributed by atoms with E-state index in [4.69, 9.17) is 0 Å². The van der Waals surface area contributed by atoms with Crippen LogP contribution in [0.4, 0.5) is 0 Å². The topological polar surface area (TPSA) is 4.93 Å². The highest BCUT2D eigenvalue weighted by Gasteiger charge is 2.06. The summed E-state index contributed by atoms with van der Waals surface area (Å²) in [5.41, 5.74) is 2.64. The van der Waals surface area contributed by atoms with Gasteiger partial charge in [-0.3, -0.25) is 0 Å². The normalized spacial score (nSPS) is 11.1. The molecule has 0 spiro atoms. The van der Waals surface area contributed by atoms with Crippen molar-refractivity contribution in [2.75, 3.05) is 0 Å². The highest BCUT2D eigenvalue weighted by Crippen LogP contribution is 2.31. The summed E-state index contributed by atoms with van der Waals surface area (Å²) in [6.07, 6.45) is 2.22. The predicted molar refractivity (Wildman–Crippen MR) is 86.6 cm³/mol. The van der Waals surface area contributed by atoms with Gasteiger partial charge in [0.05, 0.1) is 0 Å². The highest BCUT2D eigenvalue weighted by atomic mass is 79.9. The first-order valence-electron chi connectivity index (χ1n) is 6.15. The van der Waals surface area contributed by atoms with Gasteiger partial charge in [0.2, 0.25) is 0 Å². The van der Waals surface area contributed by atoms with Gasteiger partial charge in [-0.1, -0.05) is 46.3 Å². The van der Waals surface area contributed by atoms with E-state index in [2.05, 4.69) is 82.3 Å². The molecule has 0 aliphatic carbocycles. The number of rotatable bonds is 3. The lowest BCUT2D eigenvalue weighted by Gasteiger charge is -2.01. The highest BCUT2D eigenvalue weighted by molar-refractivity contribution is 9.10. The number of aromatic nitrogens is 1. The number of hydrogen-bond acceptors (Lipinski definition) is 1. The van der Waals surface area contributed by atoms with Crippen molar-refractivity contribution in [3.05, 3.63) is 64.8 Å². The summed E-state index contributed by atoms with van der Waals surface area (Å²) in [6.45, 7) is 0. The second-order valence-electron chi connectivity index (χ2n) is 4.54. The maximum Gasteiger partial charge on any atom is 0.0489 e. The number of aryl methyl sites for hydroxylation is 1. The van der Waals surface area contributed by atoms with Crippen LogP contribution in [0, 0.1) is 0 Å². The second kappa shape index (κ2) is 5.43.